The van der Waals surface area contributed by atoms with Crippen molar-refractivity contribution in [1.82, 2.24) is 5.32 Å². The maximum Gasteiger partial charge on any atom is 0.372 e. The molecule has 2 aliphatic heterocycles. The third kappa shape index (κ3) is 3.21. The van der Waals surface area contributed by atoms with Crippen LogP contribution in [0.1, 0.15) is 19.3 Å². The van der Waals surface area contributed by atoms with Crippen LogP contribution in [0, 0.1) is 0 Å². The van der Waals surface area contributed by atoms with E-state index in [0.29, 0.717) is 13.0 Å². The van der Waals surface area contributed by atoms with E-state index in [1.54, 1.807) is 16.9 Å². The van der Waals surface area contributed by atoms with E-state index < -0.39 is 18.0 Å². The van der Waals surface area contributed by atoms with Crippen LogP contribution in [0.4, 0.5) is 0 Å². The minimum absolute atomic E-state index is 0.183. The van der Waals surface area contributed by atoms with Crippen LogP contribution >= 0.6 is 0 Å². The lowest BCUT2D eigenvalue weighted by atomic mass is 10.1. The summed E-state index contributed by atoms with van der Waals surface area (Å²) in [4.78, 5) is 21.9. The molecule has 1 unspecified atom stereocenters. The van der Waals surface area contributed by atoms with Crippen LogP contribution in [0.25, 0.3) is 0 Å². The molecule has 19 heavy (non-hydrogen) atoms. The zero-order chi connectivity index (χ0) is 13.8. The van der Waals surface area contributed by atoms with Crippen molar-refractivity contribution in [2.24, 2.45) is 0 Å². The summed E-state index contributed by atoms with van der Waals surface area (Å²) in [6.07, 6.45) is 7.43. The largest absolute Gasteiger partial charge is 0.477 e. The van der Waals surface area contributed by atoms with Crippen molar-refractivity contribution in [2.45, 2.75) is 25.3 Å². The first-order chi connectivity index (χ1) is 9.08. The van der Waals surface area contributed by atoms with Crippen LogP contribution < -0.4 is 5.32 Å². The number of carboxylic acid groups (broad SMARTS) is 2. The second-order valence-electron chi connectivity index (χ2n) is 4.66. The number of hydrogen-bond donors (Lipinski definition) is 3. The van der Waals surface area contributed by atoms with E-state index in [0.717, 1.165) is 25.0 Å². The quantitative estimate of drug-likeness (QED) is 0.634. The van der Waals surface area contributed by atoms with Crippen molar-refractivity contribution in [3.63, 3.8) is 0 Å². The van der Waals surface area contributed by atoms with E-state index in [4.69, 9.17) is 10.2 Å². The summed E-state index contributed by atoms with van der Waals surface area (Å²) in [5, 5.41) is 20.8. The molecule has 6 heteroatoms. The minimum Gasteiger partial charge on any atom is -0.477 e. The second-order valence-corrected chi connectivity index (χ2v) is 4.66. The van der Waals surface area contributed by atoms with Gasteiger partial charge in [0, 0.05) is 25.5 Å². The molecular weight excluding hydrogens is 248 g/mol. The molecule has 1 atom stereocenters. The fraction of sp³-hybridized carbons (Fsp3) is 0.462. The summed E-state index contributed by atoms with van der Waals surface area (Å²) in [6, 6.07) is -0.457. The van der Waals surface area contributed by atoms with Gasteiger partial charge in [0.2, 0.25) is 6.04 Å². The normalized spacial score (nSPS) is 27.2. The third-order valence-corrected chi connectivity index (χ3v) is 3.35. The molecule has 0 aliphatic carbocycles. The Morgan fingerprint density at radius 1 is 1.42 bits per heavy atom. The van der Waals surface area contributed by atoms with E-state index >= 15 is 0 Å². The summed E-state index contributed by atoms with van der Waals surface area (Å²) in [5.74, 6) is -1.78. The highest BCUT2D eigenvalue weighted by molar-refractivity contribution is 5.87. The Bertz CT molecular complexity index is 491. The van der Waals surface area contributed by atoms with Crippen LogP contribution in [0.15, 0.2) is 23.4 Å². The molecule has 0 aromatic heterocycles. The van der Waals surface area contributed by atoms with Crippen molar-refractivity contribution in [2.75, 3.05) is 13.1 Å². The van der Waals surface area contributed by atoms with Gasteiger partial charge in [-0.25, -0.2) is 14.2 Å². The fourth-order valence-corrected chi connectivity index (χ4v) is 2.34. The molecule has 2 heterocycles. The minimum atomic E-state index is -0.977. The molecule has 0 spiro atoms. The SMILES string of the molecule is O=C(O)C1=CC(=CC=[N+]2CCCC2C(=O)O)CCN1. The number of allylic oxidation sites excluding steroid dienone is 2. The number of rotatable bonds is 3. The summed E-state index contributed by atoms with van der Waals surface area (Å²) in [7, 11) is 0. The lowest BCUT2D eigenvalue weighted by Crippen LogP contribution is -2.29. The number of nitrogens with zero attached hydrogens (tertiary/aromatic N) is 1. The number of aliphatic carboxylic acids is 2. The Hall–Kier alpha value is -2.11. The smallest absolute Gasteiger partial charge is 0.372 e. The first kappa shape index (κ1) is 13.3. The Morgan fingerprint density at radius 3 is 2.89 bits per heavy atom. The van der Waals surface area contributed by atoms with Gasteiger partial charge in [-0.15, -0.1) is 0 Å². The lowest BCUT2D eigenvalue weighted by molar-refractivity contribution is -0.527. The monoisotopic (exact) mass is 265 g/mol. The summed E-state index contributed by atoms with van der Waals surface area (Å²) in [5.41, 5.74) is 1.08. The molecule has 1 saturated heterocycles. The van der Waals surface area contributed by atoms with Gasteiger partial charge in [0.05, 0.1) is 0 Å². The van der Waals surface area contributed by atoms with Crippen molar-refractivity contribution in [3.8, 4) is 0 Å². The lowest BCUT2D eigenvalue weighted by Gasteiger charge is -2.13. The number of nitrogens with one attached hydrogen (secondary N) is 1. The highest BCUT2D eigenvalue weighted by Crippen LogP contribution is 2.13. The van der Waals surface area contributed by atoms with E-state index in [9.17, 15) is 9.59 Å². The van der Waals surface area contributed by atoms with Crippen molar-refractivity contribution >= 4 is 18.2 Å². The average molecular weight is 265 g/mol. The van der Waals surface area contributed by atoms with E-state index in [1.807, 2.05) is 6.08 Å². The Balaban J connectivity index is 2.15. The maximum absolute atomic E-state index is 11.0. The van der Waals surface area contributed by atoms with E-state index in [-0.39, 0.29) is 5.70 Å². The Labute approximate surface area is 110 Å². The van der Waals surface area contributed by atoms with Crippen LogP contribution in [0.5, 0.6) is 0 Å². The maximum atomic E-state index is 11.0. The third-order valence-electron chi connectivity index (χ3n) is 3.35. The molecular formula is C13H17N2O4+. The van der Waals surface area contributed by atoms with Gasteiger partial charge >= 0.3 is 11.9 Å². The molecule has 0 bridgehead atoms. The molecule has 102 valence electrons. The molecule has 6 nitrogen and oxygen atoms in total. The van der Waals surface area contributed by atoms with Gasteiger partial charge in [0.15, 0.2) is 6.21 Å². The van der Waals surface area contributed by atoms with Gasteiger partial charge in [0.25, 0.3) is 0 Å². The molecule has 0 aromatic carbocycles. The summed E-state index contributed by atoms with van der Waals surface area (Å²) < 4.78 is 1.80. The van der Waals surface area contributed by atoms with Gasteiger partial charge in [-0.2, -0.15) is 0 Å². The van der Waals surface area contributed by atoms with Gasteiger partial charge in [-0.1, -0.05) is 0 Å². The summed E-state index contributed by atoms with van der Waals surface area (Å²) >= 11 is 0. The van der Waals surface area contributed by atoms with E-state index in [2.05, 4.69) is 5.32 Å². The second kappa shape index (κ2) is 5.69. The zero-order valence-corrected chi connectivity index (χ0v) is 10.5. The number of hydrogen-bond acceptors (Lipinski definition) is 3. The molecule has 3 N–H and O–H groups in total. The van der Waals surface area contributed by atoms with Gasteiger partial charge in [-0.05, 0) is 18.1 Å². The molecule has 1 fully saturated rings. The molecule has 0 amide bonds. The molecule has 0 saturated carbocycles. The predicted octanol–water partition coefficient (Wildman–Crippen LogP) is 0.205. The van der Waals surface area contributed by atoms with Crippen LogP contribution in [0.3, 0.4) is 0 Å². The van der Waals surface area contributed by atoms with Crippen LogP contribution in [-0.2, 0) is 9.59 Å². The average Bonchev–Trinajstić information content (AvgIpc) is 2.85. The predicted molar refractivity (Wildman–Crippen MR) is 68.3 cm³/mol. The zero-order valence-electron chi connectivity index (χ0n) is 10.5. The molecule has 2 rings (SSSR count). The first-order valence-electron chi connectivity index (χ1n) is 6.29. The van der Waals surface area contributed by atoms with Gasteiger partial charge < -0.3 is 15.5 Å². The van der Waals surface area contributed by atoms with Gasteiger partial charge in [0.1, 0.15) is 12.2 Å². The molecule has 0 radical (unpaired) electrons. The van der Waals surface area contributed by atoms with Crippen molar-refractivity contribution < 1.29 is 24.4 Å². The Morgan fingerprint density at radius 2 is 2.21 bits per heavy atom. The summed E-state index contributed by atoms with van der Waals surface area (Å²) in [6.45, 7) is 1.31. The van der Waals surface area contributed by atoms with Gasteiger partial charge in [-0.3, -0.25) is 0 Å². The fourth-order valence-electron chi connectivity index (χ4n) is 2.34. The standard InChI is InChI=1S/C13H16N2O4/c16-12(17)10-8-9(3-5-14-10)4-7-15-6-1-2-11(15)13(18)19/h4,7-8,11H,1-3,5-6H2,(H2,16,17,18,19)/p+1. The van der Waals surface area contributed by atoms with Crippen molar-refractivity contribution in [3.05, 3.63) is 23.4 Å². The number of carbonyl (C=O) groups is 2. The van der Waals surface area contributed by atoms with E-state index in [1.165, 1.54) is 0 Å². The highest BCUT2D eigenvalue weighted by Gasteiger charge is 2.33. The Kier molecular flexibility index (Phi) is 3.99. The molecule has 0 aromatic rings. The number of carboxylic acids is 2. The van der Waals surface area contributed by atoms with Crippen LogP contribution in [0.2, 0.25) is 0 Å². The highest BCUT2D eigenvalue weighted by atomic mass is 16.4. The topological polar surface area (TPSA) is 89.6 Å². The van der Waals surface area contributed by atoms with Crippen molar-refractivity contribution in [1.29, 1.82) is 0 Å². The van der Waals surface area contributed by atoms with Crippen LogP contribution in [-0.4, -0.2) is 52.1 Å². The molecule has 2 aliphatic rings. The first-order valence-corrected chi connectivity index (χ1v) is 6.29.